The fraction of sp³-hybridized carbons (Fsp3) is 0.500. The molecule has 0 aromatic heterocycles. The molecular weight excluding hydrogens is 192 g/mol. The molecule has 14 heavy (non-hydrogen) atoms. The van der Waals surface area contributed by atoms with Gasteiger partial charge >= 0.3 is 0 Å². The molecule has 0 aliphatic rings. The molecule has 1 nitrogen and oxygen atoms in total. The predicted octanol–water partition coefficient (Wildman–Crippen LogP) is 2.85. The van der Waals surface area contributed by atoms with Crippen LogP contribution in [0.3, 0.4) is 0 Å². The highest BCUT2D eigenvalue weighted by Crippen LogP contribution is 2.14. The lowest BCUT2D eigenvalue weighted by molar-refractivity contribution is 0.317. The van der Waals surface area contributed by atoms with Crippen molar-refractivity contribution in [2.75, 3.05) is 19.1 Å². The minimum absolute atomic E-state index is 0.481. The second kappa shape index (κ2) is 5.97. The van der Waals surface area contributed by atoms with Gasteiger partial charge in [0.15, 0.2) is 0 Å². The lowest BCUT2D eigenvalue weighted by Crippen LogP contribution is -1.99. The summed E-state index contributed by atoms with van der Waals surface area (Å²) in [7, 11) is 0.481. The monoisotopic (exact) mass is 211 g/mol. The number of benzene rings is 1. The Labute approximate surface area is 89.8 Å². The van der Waals surface area contributed by atoms with Gasteiger partial charge in [-0.15, -0.1) is 0 Å². The average Bonchev–Trinajstić information content (AvgIpc) is 2.16. The highest BCUT2D eigenvalue weighted by molar-refractivity contribution is 7.94. The van der Waals surface area contributed by atoms with E-state index in [4.69, 9.17) is 4.74 Å². The molecule has 2 heteroatoms. The van der Waals surface area contributed by atoms with Gasteiger partial charge in [-0.2, -0.15) is 0 Å². The van der Waals surface area contributed by atoms with Crippen LogP contribution in [0.2, 0.25) is 0 Å². The lowest BCUT2D eigenvalue weighted by atomic mass is 10.2. The van der Waals surface area contributed by atoms with E-state index in [9.17, 15) is 0 Å². The topological polar surface area (TPSA) is 9.23 Å². The van der Waals surface area contributed by atoms with Crippen LogP contribution in [0, 0.1) is 0 Å². The number of rotatable bonds is 5. The van der Waals surface area contributed by atoms with Crippen LogP contribution in [0.4, 0.5) is 0 Å². The largest absolute Gasteiger partial charge is 0.494 e. The van der Waals surface area contributed by atoms with Gasteiger partial charge in [-0.1, -0.05) is 19.1 Å². The first-order chi connectivity index (χ1) is 6.72. The van der Waals surface area contributed by atoms with Crippen molar-refractivity contribution < 1.29 is 4.74 Å². The molecule has 0 saturated carbocycles. The quantitative estimate of drug-likeness (QED) is 0.681. The van der Waals surface area contributed by atoms with Crippen LogP contribution in [-0.2, 0) is 16.6 Å². The third kappa shape index (κ3) is 4.05. The van der Waals surface area contributed by atoms with Crippen LogP contribution in [-0.4, -0.2) is 19.1 Å². The van der Waals surface area contributed by atoms with E-state index in [1.807, 2.05) is 0 Å². The minimum atomic E-state index is 0.481. The SMILES string of the molecule is CCCOc1ccc(C[S+](C)C)cc1. The molecule has 0 atom stereocenters. The van der Waals surface area contributed by atoms with Crippen molar-refractivity contribution in [3.05, 3.63) is 29.8 Å². The van der Waals surface area contributed by atoms with Gasteiger partial charge in [-0.3, -0.25) is 0 Å². The Morgan fingerprint density at radius 1 is 1.14 bits per heavy atom. The van der Waals surface area contributed by atoms with Crippen molar-refractivity contribution >= 4 is 10.9 Å². The summed E-state index contributed by atoms with van der Waals surface area (Å²) in [6.45, 7) is 2.93. The van der Waals surface area contributed by atoms with Gasteiger partial charge in [0, 0.05) is 5.56 Å². The first kappa shape index (κ1) is 11.4. The Hall–Kier alpha value is -0.630. The van der Waals surface area contributed by atoms with Crippen LogP contribution < -0.4 is 4.74 Å². The van der Waals surface area contributed by atoms with Gasteiger partial charge in [0.2, 0.25) is 0 Å². The maximum Gasteiger partial charge on any atom is 0.132 e. The average molecular weight is 211 g/mol. The fourth-order valence-corrected chi connectivity index (χ4v) is 2.09. The standard InChI is InChI=1S/C12H19OS/c1-4-9-13-12-7-5-11(6-8-12)10-14(2)3/h5-8H,4,9-10H2,1-3H3/q+1. The van der Waals surface area contributed by atoms with Crippen molar-refractivity contribution in [1.82, 2.24) is 0 Å². The lowest BCUT2D eigenvalue weighted by Gasteiger charge is -2.04. The second-order valence-electron chi connectivity index (χ2n) is 3.62. The number of hydrogen-bond acceptors (Lipinski definition) is 1. The Balaban J connectivity index is 2.50. The summed E-state index contributed by atoms with van der Waals surface area (Å²) in [6, 6.07) is 8.46. The molecule has 0 bridgehead atoms. The zero-order chi connectivity index (χ0) is 10.4. The van der Waals surface area contributed by atoms with E-state index in [2.05, 4.69) is 43.7 Å². The molecule has 1 rings (SSSR count). The first-order valence-corrected chi connectivity index (χ1v) is 7.19. The fourth-order valence-electron chi connectivity index (χ4n) is 1.24. The molecule has 78 valence electrons. The summed E-state index contributed by atoms with van der Waals surface area (Å²) in [4.78, 5) is 0. The molecule has 1 aromatic rings. The van der Waals surface area contributed by atoms with Crippen molar-refractivity contribution in [3.63, 3.8) is 0 Å². The molecule has 0 heterocycles. The summed E-state index contributed by atoms with van der Waals surface area (Å²) in [6.07, 6.45) is 5.60. The zero-order valence-corrected chi connectivity index (χ0v) is 10.1. The summed E-state index contributed by atoms with van der Waals surface area (Å²) < 4.78 is 5.52. The van der Waals surface area contributed by atoms with Crippen molar-refractivity contribution in [3.8, 4) is 5.75 Å². The molecule has 0 amide bonds. The molecule has 1 aromatic carbocycles. The molecule has 0 radical (unpaired) electrons. The highest BCUT2D eigenvalue weighted by Gasteiger charge is 2.04. The van der Waals surface area contributed by atoms with Gasteiger partial charge in [-0.25, -0.2) is 0 Å². The molecular formula is C12H19OS+. The van der Waals surface area contributed by atoms with Gasteiger partial charge in [0.25, 0.3) is 0 Å². The Bertz CT molecular complexity index is 254. The van der Waals surface area contributed by atoms with Gasteiger partial charge in [0.1, 0.15) is 11.5 Å². The highest BCUT2D eigenvalue weighted by atomic mass is 32.2. The smallest absolute Gasteiger partial charge is 0.132 e. The Morgan fingerprint density at radius 2 is 1.79 bits per heavy atom. The van der Waals surface area contributed by atoms with Crippen molar-refractivity contribution in [1.29, 1.82) is 0 Å². The number of ether oxygens (including phenoxy) is 1. The van der Waals surface area contributed by atoms with Crippen molar-refractivity contribution in [2.24, 2.45) is 0 Å². The van der Waals surface area contributed by atoms with E-state index in [0.717, 1.165) is 18.8 Å². The van der Waals surface area contributed by atoms with Crippen molar-refractivity contribution in [2.45, 2.75) is 19.1 Å². The van der Waals surface area contributed by atoms with Crippen LogP contribution >= 0.6 is 0 Å². The van der Waals surface area contributed by atoms with E-state index in [0.29, 0.717) is 10.9 Å². The third-order valence-corrected chi connectivity index (χ3v) is 2.76. The van der Waals surface area contributed by atoms with Gasteiger partial charge in [-0.05, 0) is 29.4 Å². The minimum Gasteiger partial charge on any atom is -0.494 e. The second-order valence-corrected chi connectivity index (χ2v) is 5.88. The van der Waals surface area contributed by atoms with Gasteiger partial charge in [0.05, 0.1) is 19.1 Å². The van der Waals surface area contributed by atoms with Crippen LogP contribution in [0.1, 0.15) is 18.9 Å². The van der Waals surface area contributed by atoms with Crippen LogP contribution in [0.5, 0.6) is 5.75 Å². The third-order valence-electron chi connectivity index (χ3n) is 1.85. The predicted molar refractivity (Wildman–Crippen MR) is 65.1 cm³/mol. The molecule has 0 aliphatic heterocycles. The Kier molecular flexibility index (Phi) is 4.88. The first-order valence-electron chi connectivity index (χ1n) is 4.98. The van der Waals surface area contributed by atoms with E-state index in [1.165, 1.54) is 11.3 Å². The molecule has 0 spiro atoms. The molecule has 0 N–H and O–H groups in total. The maximum absolute atomic E-state index is 5.52. The zero-order valence-electron chi connectivity index (χ0n) is 9.25. The van der Waals surface area contributed by atoms with E-state index >= 15 is 0 Å². The summed E-state index contributed by atoms with van der Waals surface area (Å²) in [5.74, 6) is 2.16. The van der Waals surface area contributed by atoms with E-state index < -0.39 is 0 Å². The summed E-state index contributed by atoms with van der Waals surface area (Å²) >= 11 is 0. The summed E-state index contributed by atoms with van der Waals surface area (Å²) in [5, 5.41) is 0. The summed E-state index contributed by atoms with van der Waals surface area (Å²) in [5.41, 5.74) is 1.40. The van der Waals surface area contributed by atoms with Gasteiger partial charge < -0.3 is 4.74 Å². The molecule has 0 aliphatic carbocycles. The van der Waals surface area contributed by atoms with E-state index in [1.54, 1.807) is 0 Å². The van der Waals surface area contributed by atoms with E-state index in [-0.39, 0.29) is 0 Å². The molecule has 0 fully saturated rings. The Morgan fingerprint density at radius 3 is 2.29 bits per heavy atom. The van der Waals surface area contributed by atoms with Crippen LogP contribution in [0.25, 0.3) is 0 Å². The molecule has 0 unspecified atom stereocenters. The number of hydrogen-bond donors (Lipinski definition) is 0. The van der Waals surface area contributed by atoms with Crippen LogP contribution in [0.15, 0.2) is 24.3 Å². The molecule has 0 saturated heterocycles. The maximum atomic E-state index is 5.52. The normalized spacial score (nSPS) is 10.6.